The highest BCUT2D eigenvalue weighted by atomic mass is 32.2. The standard InChI is InChI=1S/C18H21F3N4O3S/c1-10(26)11(2)28-16-15(18(19,20)21)9-23-17(25-16)24-12-3-5-13(6-4-12)29(22,27)14-7-8-14/h3-6,9-11,14,22,26H,7-8H2,1-2H3,(H,23,24,25)/t10-,11-,29-/m1/s1. The second-order valence-corrected chi connectivity index (χ2v) is 9.26. The van der Waals surface area contributed by atoms with E-state index in [1.165, 1.54) is 13.8 Å². The normalized spacial score (nSPS) is 18.6. The molecule has 1 aliphatic rings. The van der Waals surface area contributed by atoms with Gasteiger partial charge in [-0.05, 0) is 51.0 Å². The Morgan fingerprint density at radius 1 is 1.28 bits per heavy atom. The van der Waals surface area contributed by atoms with Crippen molar-refractivity contribution in [2.75, 3.05) is 5.32 Å². The van der Waals surface area contributed by atoms with Crippen LogP contribution in [0, 0.1) is 4.78 Å². The Bertz CT molecular complexity index is 975. The summed E-state index contributed by atoms with van der Waals surface area (Å²) in [6.07, 6.45) is -4.47. The SMILES string of the molecule is C[C@@H](O)[C@@H](C)Oc1nc(Nc2ccc([S@@](=N)(=O)C3CC3)cc2)ncc1C(F)(F)F. The molecule has 1 aromatic carbocycles. The maximum atomic E-state index is 13.2. The van der Waals surface area contributed by atoms with Crippen LogP contribution in [0.15, 0.2) is 35.4 Å². The molecule has 1 aliphatic carbocycles. The van der Waals surface area contributed by atoms with Gasteiger partial charge in [0.1, 0.15) is 11.7 Å². The molecule has 1 saturated carbocycles. The lowest BCUT2D eigenvalue weighted by atomic mass is 10.2. The number of benzene rings is 1. The molecule has 1 fully saturated rings. The van der Waals surface area contributed by atoms with Gasteiger partial charge in [0.25, 0.3) is 0 Å². The minimum absolute atomic E-state index is 0.116. The topological polar surface area (TPSA) is 108 Å². The molecule has 0 saturated heterocycles. The van der Waals surface area contributed by atoms with E-state index in [0.717, 1.165) is 12.8 Å². The van der Waals surface area contributed by atoms with Crippen LogP contribution in [-0.4, -0.2) is 36.7 Å². The molecular weight excluding hydrogens is 409 g/mol. The molecule has 0 amide bonds. The smallest absolute Gasteiger partial charge is 0.423 e. The lowest BCUT2D eigenvalue weighted by Crippen LogP contribution is -2.27. The Morgan fingerprint density at radius 2 is 1.90 bits per heavy atom. The van der Waals surface area contributed by atoms with Gasteiger partial charge in [0.2, 0.25) is 11.8 Å². The summed E-state index contributed by atoms with van der Waals surface area (Å²) in [5.74, 6) is -0.824. The average Bonchev–Trinajstić information content (AvgIpc) is 3.47. The van der Waals surface area contributed by atoms with Gasteiger partial charge in [-0.2, -0.15) is 18.2 Å². The summed E-state index contributed by atoms with van der Waals surface area (Å²) in [6.45, 7) is 2.82. The highest BCUT2D eigenvalue weighted by Gasteiger charge is 2.37. The van der Waals surface area contributed by atoms with Crippen molar-refractivity contribution in [2.45, 2.75) is 55.2 Å². The number of halogens is 3. The Balaban J connectivity index is 1.83. The molecule has 0 bridgehead atoms. The highest BCUT2D eigenvalue weighted by molar-refractivity contribution is 7.93. The number of aromatic nitrogens is 2. The summed E-state index contributed by atoms with van der Waals surface area (Å²) >= 11 is 0. The second-order valence-electron chi connectivity index (χ2n) is 6.92. The molecule has 7 nitrogen and oxygen atoms in total. The largest absolute Gasteiger partial charge is 0.471 e. The Kier molecular flexibility index (Phi) is 5.72. The van der Waals surface area contributed by atoms with E-state index >= 15 is 0 Å². The summed E-state index contributed by atoms with van der Waals surface area (Å²) in [5.41, 5.74) is -0.696. The maximum Gasteiger partial charge on any atom is 0.423 e. The number of hydrogen-bond donors (Lipinski definition) is 3. The first kappa shape index (κ1) is 21.3. The van der Waals surface area contributed by atoms with Crippen molar-refractivity contribution in [2.24, 2.45) is 0 Å². The predicted octanol–water partition coefficient (Wildman–Crippen LogP) is 3.96. The van der Waals surface area contributed by atoms with E-state index in [4.69, 9.17) is 9.52 Å². The van der Waals surface area contributed by atoms with E-state index in [2.05, 4.69) is 15.3 Å². The Hall–Kier alpha value is -2.40. The second kappa shape index (κ2) is 7.79. The molecule has 0 aliphatic heterocycles. The van der Waals surface area contributed by atoms with Crippen molar-refractivity contribution < 1.29 is 27.2 Å². The maximum absolute atomic E-state index is 13.2. The fourth-order valence-electron chi connectivity index (χ4n) is 2.45. The molecule has 11 heteroatoms. The molecule has 3 rings (SSSR count). The molecule has 2 aromatic rings. The van der Waals surface area contributed by atoms with Crippen LogP contribution in [-0.2, 0) is 15.9 Å². The van der Waals surface area contributed by atoms with Gasteiger partial charge in [-0.1, -0.05) is 0 Å². The molecule has 1 heterocycles. The monoisotopic (exact) mass is 430 g/mol. The van der Waals surface area contributed by atoms with Crippen LogP contribution >= 0.6 is 0 Å². The average molecular weight is 430 g/mol. The summed E-state index contributed by atoms with van der Waals surface area (Å²) < 4.78 is 65.2. The van der Waals surface area contributed by atoms with Gasteiger partial charge in [0.15, 0.2) is 0 Å². The van der Waals surface area contributed by atoms with Gasteiger partial charge in [0, 0.05) is 22.0 Å². The lowest BCUT2D eigenvalue weighted by Gasteiger charge is -2.20. The van der Waals surface area contributed by atoms with Gasteiger partial charge in [-0.15, -0.1) is 0 Å². The summed E-state index contributed by atoms with van der Waals surface area (Å²) in [5, 5.41) is 12.2. The Morgan fingerprint density at radius 3 is 2.41 bits per heavy atom. The third kappa shape index (κ3) is 4.96. The fourth-order valence-corrected chi connectivity index (χ4v) is 4.17. The van der Waals surface area contributed by atoms with E-state index in [0.29, 0.717) is 16.8 Å². The van der Waals surface area contributed by atoms with Crippen LogP contribution in [0.25, 0.3) is 0 Å². The van der Waals surface area contributed by atoms with Crippen LogP contribution in [0.3, 0.4) is 0 Å². The highest BCUT2D eigenvalue weighted by Crippen LogP contribution is 2.36. The number of rotatable bonds is 7. The van der Waals surface area contributed by atoms with E-state index in [9.17, 15) is 22.5 Å². The van der Waals surface area contributed by atoms with Crippen molar-refractivity contribution in [3.8, 4) is 5.88 Å². The number of anilines is 2. The Labute approximate surface area is 166 Å². The van der Waals surface area contributed by atoms with E-state index in [-0.39, 0.29) is 11.2 Å². The van der Waals surface area contributed by atoms with Crippen molar-refractivity contribution in [1.29, 1.82) is 4.78 Å². The first-order chi connectivity index (χ1) is 13.5. The number of aliphatic hydroxyl groups excluding tert-OH is 1. The molecule has 3 N–H and O–H groups in total. The van der Waals surface area contributed by atoms with Crippen LogP contribution in [0.1, 0.15) is 32.3 Å². The molecule has 0 radical (unpaired) electrons. The van der Waals surface area contributed by atoms with Crippen molar-refractivity contribution in [3.63, 3.8) is 0 Å². The van der Waals surface area contributed by atoms with Gasteiger partial charge in [0.05, 0.1) is 15.8 Å². The van der Waals surface area contributed by atoms with Crippen LogP contribution in [0.2, 0.25) is 0 Å². The number of nitrogens with zero attached hydrogens (tertiary/aromatic N) is 2. The quantitative estimate of drug-likeness (QED) is 0.614. The molecular formula is C18H21F3N4O3S. The minimum Gasteiger partial charge on any atom is -0.471 e. The summed E-state index contributed by atoms with van der Waals surface area (Å²) in [4.78, 5) is 7.89. The number of nitrogens with one attached hydrogen (secondary N) is 2. The molecule has 0 spiro atoms. The molecule has 29 heavy (non-hydrogen) atoms. The molecule has 0 unspecified atom stereocenters. The third-order valence-electron chi connectivity index (χ3n) is 4.49. The number of ether oxygens (including phenoxy) is 1. The number of aliphatic hydroxyl groups is 1. The van der Waals surface area contributed by atoms with Crippen LogP contribution < -0.4 is 10.1 Å². The zero-order valence-corrected chi connectivity index (χ0v) is 16.5. The van der Waals surface area contributed by atoms with Crippen molar-refractivity contribution in [3.05, 3.63) is 36.0 Å². The molecule has 3 atom stereocenters. The molecule has 158 valence electrons. The number of hydrogen-bond acceptors (Lipinski definition) is 7. The van der Waals surface area contributed by atoms with Crippen LogP contribution in [0.5, 0.6) is 5.88 Å². The fraction of sp³-hybridized carbons (Fsp3) is 0.444. The van der Waals surface area contributed by atoms with E-state index in [1.807, 2.05) is 0 Å². The van der Waals surface area contributed by atoms with Gasteiger partial charge in [-0.25, -0.2) is 14.0 Å². The minimum atomic E-state index is -4.72. The van der Waals surface area contributed by atoms with E-state index < -0.39 is 39.6 Å². The van der Waals surface area contributed by atoms with E-state index in [1.54, 1.807) is 24.3 Å². The van der Waals surface area contributed by atoms with Crippen molar-refractivity contribution >= 4 is 21.4 Å². The third-order valence-corrected chi connectivity index (χ3v) is 6.87. The van der Waals surface area contributed by atoms with Crippen molar-refractivity contribution in [1.82, 2.24) is 9.97 Å². The zero-order valence-electron chi connectivity index (χ0n) is 15.7. The van der Waals surface area contributed by atoms with Crippen LogP contribution in [0.4, 0.5) is 24.8 Å². The first-order valence-electron chi connectivity index (χ1n) is 8.92. The number of alkyl halides is 3. The first-order valence-corrected chi connectivity index (χ1v) is 10.5. The van der Waals surface area contributed by atoms with Gasteiger partial charge in [-0.3, -0.25) is 0 Å². The zero-order chi connectivity index (χ0) is 21.4. The lowest BCUT2D eigenvalue weighted by molar-refractivity contribution is -0.140. The molecule has 1 aromatic heterocycles. The summed E-state index contributed by atoms with van der Waals surface area (Å²) in [6, 6.07) is 6.22. The predicted molar refractivity (Wildman–Crippen MR) is 101 cm³/mol. The van der Waals surface area contributed by atoms with Gasteiger partial charge >= 0.3 is 6.18 Å². The van der Waals surface area contributed by atoms with Gasteiger partial charge < -0.3 is 15.2 Å². The summed E-state index contributed by atoms with van der Waals surface area (Å²) in [7, 11) is -2.83.